The minimum atomic E-state index is -4.46. The topological polar surface area (TPSA) is 41.6 Å². The molecule has 1 saturated heterocycles. The van der Waals surface area contributed by atoms with E-state index >= 15 is 0 Å². The summed E-state index contributed by atoms with van der Waals surface area (Å²) in [4.78, 5) is 13.8. The van der Waals surface area contributed by atoms with Crippen molar-refractivity contribution in [2.75, 3.05) is 19.7 Å². The van der Waals surface area contributed by atoms with Crippen LogP contribution in [0.15, 0.2) is 24.3 Å². The van der Waals surface area contributed by atoms with Crippen molar-refractivity contribution >= 4 is 6.03 Å². The molecule has 1 N–H and O–H groups in total. The van der Waals surface area contributed by atoms with Crippen LogP contribution in [0.1, 0.15) is 31.4 Å². The molecule has 0 aliphatic carbocycles. The van der Waals surface area contributed by atoms with E-state index in [1.54, 1.807) is 6.92 Å². The van der Waals surface area contributed by atoms with Gasteiger partial charge in [0, 0.05) is 19.7 Å². The van der Waals surface area contributed by atoms with Crippen molar-refractivity contribution in [2.24, 2.45) is 0 Å². The molecule has 134 valence electrons. The Morgan fingerprint density at radius 2 is 2.04 bits per heavy atom. The molecule has 1 aliphatic heterocycles. The Hall–Kier alpha value is -1.83. The predicted octanol–water partition coefficient (Wildman–Crippen LogP) is 3.64. The van der Waals surface area contributed by atoms with Gasteiger partial charge in [-0.15, -0.1) is 0 Å². The number of carbonyl (C=O) groups is 1. The van der Waals surface area contributed by atoms with Crippen molar-refractivity contribution in [2.45, 2.75) is 38.1 Å². The number of urea groups is 1. The molecule has 0 aromatic heterocycles. The number of amides is 2. The van der Waals surface area contributed by atoms with Gasteiger partial charge in [-0.05, 0) is 31.0 Å². The lowest BCUT2D eigenvalue weighted by molar-refractivity contribution is -0.139. The van der Waals surface area contributed by atoms with Crippen LogP contribution in [0.3, 0.4) is 0 Å². The van der Waals surface area contributed by atoms with Gasteiger partial charge >= 0.3 is 12.2 Å². The summed E-state index contributed by atoms with van der Waals surface area (Å²) in [6.07, 6.45) is -5.23. The van der Waals surface area contributed by atoms with Gasteiger partial charge in [-0.1, -0.05) is 12.1 Å². The number of nitrogens with one attached hydrogen (secondary N) is 1. The maximum Gasteiger partial charge on any atom is 0.391 e. The maximum atomic E-state index is 13.0. The molecule has 0 radical (unpaired) electrons. The van der Waals surface area contributed by atoms with E-state index in [1.165, 1.54) is 17.0 Å². The molecule has 2 atom stereocenters. The van der Waals surface area contributed by atoms with Gasteiger partial charge in [0.15, 0.2) is 0 Å². The Balaban J connectivity index is 2.11. The fourth-order valence-electron chi connectivity index (χ4n) is 2.60. The molecule has 8 heteroatoms. The van der Waals surface area contributed by atoms with Crippen molar-refractivity contribution in [3.05, 3.63) is 35.6 Å². The van der Waals surface area contributed by atoms with E-state index in [9.17, 15) is 22.4 Å². The van der Waals surface area contributed by atoms with Crippen LogP contribution in [-0.4, -0.2) is 42.9 Å². The highest BCUT2D eigenvalue weighted by molar-refractivity contribution is 5.74. The molecule has 1 aliphatic rings. The standard InChI is InChI=1S/C16H20F4N2O2/c1-11-10-22(7-2-8-24-11)15(23)21-14(9-16(18,19)20)12-3-5-13(17)6-4-12/h3-6,11,14H,2,7-10H2,1H3,(H,21,23)/t11-,14+/m1/s1. The summed E-state index contributed by atoms with van der Waals surface area (Å²) < 4.78 is 56.9. The monoisotopic (exact) mass is 348 g/mol. The molecular weight excluding hydrogens is 328 g/mol. The van der Waals surface area contributed by atoms with E-state index in [2.05, 4.69) is 5.32 Å². The number of hydrogen-bond acceptors (Lipinski definition) is 2. The average molecular weight is 348 g/mol. The fraction of sp³-hybridized carbons (Fsp3) is 0.562. The van der Waals surface area contributed by atoms with Crippen LogP contribution in [0.2, 0.25) is 0 Å². The number of alkyl halides is 3. The predicted molar refractivity (Wildman–Crippen MR) is 79.9 cm³/mol. The smallest absolute Gasteiger partial charge is 0.377 e. The second-order valence-electron chi connectivity index (χ2n) is 5.85. The van der Waals surface area contributed by atoms with Crippen molar-refractivity contribution in [1.29, 1.82) is 0 Å². The van der Waals surface area contributed by atoms with Crippen molar-refractivity contribution in [3.63, 3.8) is 0 Å². The summed E-state index contributed by atoms with van der Waals surface area (Å²) in [5, 5.41) is 2.42. The fourth-order valence-corrected chi connectivity index (χ4v) is 2.60. The van der Waals surface area contributed by atoms with Gasteiger partial charge in [0.05, 0.1) is 18.6 Å². The quantitative estimate of drug-likeness (QED) is 0.848. The minimum absolute atomic E-state index is 0.176. The third-order valence-electron chi connectivity index (χ3n) is 3.75. The lowest BCUT2D eigenvalue weighted by atomic mass is 10.0. The summed E-state index contributed by atoms with van der Waals surface area (Å²) in [6.45, 7) is 3.04. The summed E-state index contributed by atoms with van der Waals surface area (Å²) in [5.41, 5.74) is 0.209. The molecule has 2 amide bonds. The van der Waals surface area contributed by atoms with E-state index in [0.717, 1.165) is 12.1 Å². The first-order valence-corrected chi connectivity index (χ1v) is 7.74. The molecule has 1 fully saturated rings. The third kappa shape index (κ3) is 5.67. The lowest BCUT2D eigenvalue weighted by Gasteiger charge is -2.27. The van der Waals surface area contributed by atoms with Crippen LogP contribution < -0.4 is 5.32 Å². The largest absolute Gasteiger partial charge is 0.391 e. The minimum Gasteiger partial charge on any atom is -0.377 e. The zero-order valence-corrected chi connectivity index (χ0v) is 13.3. The first kappa shape index (κ1) is 18.5. The molecule has 0 spiro atoms. The number of nitrogens with zero attached hydrogens (tertiary/aromatic N) is 1. The average Bonchev–Trinajstić information content (AvgIpc) is 2.70. The number of rotatable bonds is 3. The van der Waals surface area contributed by atoms with E-state index in [1.807, 2.05) is 0 Å². The number of halogens is 4. The Bertz CT molecular complexity index is 548. The third-order valence-corrected chi connectivity index (χ3v) is 3.75. The maximum absolute atomic E-state index is 13.0. The molecule has 4 nitrogen and oxygen atoms in total. The Morgan fingerprint density at radius 3 is 2.67 bits per heavy atom. The number of benzene rings is 1. The van der Waals surface area contributed by atoms with Crippen molar-refractivity contribution in [1.82, 2.24) is 10.2 Å². The highest BCUT2D eigenvalue weighted by atomic mass is 19.4. The molecule has 0 saturated carbocycles. The van der Waals surface area contributed by atoms with Crippen LogP contribution in [0.25, 0.3) is 0 Å². The van der Waals surface area contributed by atoms with Gasteiger partial charge in [0.25, 0.3) is 0 Å². The van der Waals surface area contributed by atoms with Gasteiger partial charge in [-0.2, -0.15) is 13.2 Å². The van der Waals surface area contributed by atoms with Crippen molar-refractivity contribution in [3.8, 4) is 0 Å². The molecule has 1 aromatic rings. The van der Waals surface area contributed by atoms with E-state index in [-0.39, 0.29) is 11.7 Å². The highest BCUT2D eigenvalue weighted by Crippen LogP contribution is 2.30. The second-order valence-corrected chi connectivity index (χ2v) is 5.85. The van der Waals surface area contributed by atoms with Crippen LogP contribution in [0.4, 0.5) is 22.4 Å². The normalized spacial score (nSPS) is 20.4. The molecule has 1 aromatic carbocycles. The molecule has 0 bridgehead atoms. The summed E-state index contributed by atoms with van der Waals surface area (Å²) in [6, 6.07) is 2.81. The Kier molecular flexibility index (Phi) is 6.04. The lowest BCUT2D eigenvalue weighted by Crippen LogP contribution is -2.45. The highest BCUT2D eigenvalue weighted by Gasteiger charge is 2.34. The van der Waals surface area contributed by atoms with Crippen LogP contribution >= 0.6 is 0 Å². The summed E-state index contributed by atoms with van der Waals surface area (Å²) in [5.74, 6) is -0.547. The zero-order valence-electron chi connectivity index (χ0n) is 13.3. The first-order chi connectivity index (χ1) is 11.2. The summed E-state index contributed by atoms with van der Waals surface area (Å²) >= 11 is 0. The number of ether oxygens (including phenoxy) is 1. The first-order valence-electron chi connectivity index (χ1n) is 7.74. The second kappa shape index (κ2) is 7.83. The van der Waals surface area contributed by atoms with E-state index in [0.29, 0.717) is 26.1 Å². The van der Waals surface area contributed by atoms with Crippen LogP contribution in [0.5, 0.6) is 0 Å². The zero-order chi connectivity index (χ0) is 17.7. The van der Waals surface area contributed by atoms with Gasteiger partial charge < -0.3 is 15.0 Å². The van der Waals surface area contributed by atoms with Crippen LogP contribution in [0, 0.1) is 5.82 Å². The van der Waals surface area contributed by atoms with Crippen LogP contribution in [-0.2, 0) is 4.74 Å². The molecule has 1 heterocycles. The SMILES string of the molecule is C[C@@H]1CN(C(=O)N[C@@H](CC(F)(F)F)c2ccc(F)cc2)CCCO1. The number of hydrogen-bond donors (Lipinski definition) is 1. The van der Waals surface area contributed by atoms with E-state index < -0.39 is 30.5 Å². The summed E-state index contributed by atoms with van der Waals surface area (Å²) in [7, 11) is 0. The van der Waals surface area contributed by atoms with Gasteiger partial charge in [-0.25, -0.2) is 9.18 Å². The molecule has 2 rings (SSSR count). The molecule has 24 heavy (non-hydrogen) atoms. The number of carbonyl (C=O) groups excluding carboxylic acids is 1. The van der Waals surface area contributed by atoms with Crippen molar-refractivity contribution < 1.29 is 27.1 Å². The molecule has 0 unspecified atom stereocenters. The van der Waals surface area contributed by atoms with Gasteiger partial charge in [0.1, 0.15) is 5.82 Å². The van der Waals surface area contributed by atoms with E-state index in [4.69, 9.17) is 4.74 Å². The molecular formula is C16H20F4N2O2. The Labute approximate surface area is 137 Å². The van der Waals surface area contributed by atoms with Gasteiger partial charge in [-0.3, -0.25) is 0 Å². The van der Waals surface area contributed by atoms with Gasteiger partial charge in [0.2, 0.25) is 0 Å². The Morgan fingerprint density at radius 1 is 1.38 bits per heavy atom.